The molecule has 1 saturated carbocycles. The van der Waals surface area contributed by atoms with Crippen molar-refractivity contribution in [3.8, 4) is 0 Å². The lowest BCUT2D eigenvalue weighted by Crippen LogP contribution is -2.31. The van der Waals surface area contributed by atoms with Gasteiger partial charge in [0.15, 0.2) is 0 Å². The number of hydrogen-bond acceptors (Lipinski definition) is 3. The summed E-state index contributed by atoms with van der Waals surface area (Å²) in [7, 11) is 0. The van der Waals surface area contributed by atoms with E-state index in [1.165, 1.54) is 32.2 Å². The van der Waals surface area contributed by atoms with E-state index in [-0.39, 0.29) is 0 Å². The average Bonchev–Trinajstić information content (AvgIpc) is 2.94. The molecule has 3 unspecified atom stereocenters. The minimum Gasteiger partial charge on any atom is -0.310 e. The molecule has 2 heterocycles. The lowest BCUT2D eigenvalue weighted by Gasteiger charge is -2.29. The second-order valence-corrected chi connectivity index (χ2v) is 8.58. The maximum atomic E-state index is 3.86. The lowest BCUT2D eigenvalue weighted by molar-refractivity contribution is 0.359. The molecule has 0 radical (unpaired) electrons. The molecule has 1 N–H and O–H groups in total. The molecule has 1 aliphatic carbocycles. The normalized spacial score (nSPS) is 35.7. The first-order valence-electron chi connectivity index (χ1n) is 7.21. The van der Waals surface area contributed by atoms with Crippen molar-refractivity contribution in [2.75, 3.05) is 6.54 Å². The highest BCUT2D eigenvalue weighted by atomic mass is 32.2. The Bertz CT molecular complexity index is 401. The molecule has 4 atom stereocenters. The van der Waals surface area contributed by atoms with Gasteiger partial charge in [0, 0.05) is 11.3 Å². The molecule has 2 aliphatic rings. The number of thioether (sulfide) groups is 1. The summed E-state index contributed by atoms with van der Waals surface area (Å²) in [6, 6.07) is 2.93. The Kier molecular flexibility index (Phi) is 4.02. The third-order valence-corrected chi connectivity index (χ3v) is 6.92. The van der Waals surface area contributed by atoms with E-state index in [1.54, 1.807) is 9.77 Å². The van der Waals surface area contributed by atoms with Crippen molar-refractivity contribution in [2.24, 2.45) is 11.8 Å². The molecular weight excluding hydrogens is 258 g/mol. The van der Waals surface area contributed by atoms with Crippen LogP contribution in [0.5, 0.6) is 0 Å². The largest absolute Gasteiger partial charge is 0.310 e. The van der Waals surface area contributed by atoms with Gasteiger partial charge in [0.2, 0.25) is 0 Å². The standard InChI is InChI=1S/C15H23NS2/c1-10-4-3-5-12(10)9-16-14-8-11(2)18-15-13(14)6-7-17-15/h6-7,10-12,14,16H,3-5,8-9H2,1-2H3/t10?,11-,12?,14?/m0/s1. The molecule has 0 bridgehead atoms. The molecule has 1 nitrogen and oxygen atoms in total. The fraction of sp³-hybridized carbons (Fsp3) is 0.733. The summed E-state index contributed by atoms with van der Waals surface area (Å²) in [5.74, 6) is 1.84. The summed E-state index contributed by atoms with van der Waals surface area (Å²) in [4.78, 5) is 0. The highest BCUT2D eigenvalue weighted by Gasteiger charge is 2.28. The van der Waals surface area contributed by atoms with Gasteiger partial charge >= 0.3 is 0 Å². The molecule has 1 aromatic heterocycles. The van der Waals surface area contributed by atoms with Crippen LogP contribution in [0.4, 0.5) is 0 Å². The van der Waals surface area contributed by atoms with E-state index in [0.29, 0.717) is 6.04 Å². The molecule has 1 aliphatic heterocycles. The molecule has 1 fully saturated rings. The van der Waals surface area contributed by atoms with E-state index in [2.05, 4.69) is 42.4 Å². The van der Waals surface area contributed by atoms with Crippen LogP contribution in [0.2, 0.25) is 0 Å². The zero-order valence-corrected chi connectivity index (χ0v) is 12.9. The van der Waals surface area contributed by atoms with Crippen molar-refractivity contribution in [1.29, 1.82) is 0 Å². The van der Waals surface area contributed by atoms with E-state index in [4.69, 9.17) is 0 Å². The van der Waals surface area contributed by atoms with Gasteiger partial charge < -0.3 is 5.32 Å². The van der Waals surface area contributed by atoms with Crippen LogP contribution in [0, 0.1) is 11.8 Å². The average molecular weight is 281 g/mol. The van der Waals surface area contributed by atoms with Crippen molar-refractivity contribution in [2.45, 2.75) is 55.0 Å². The van der Waals surface area contributed by atoms with Crippen molar-refractivity contribution in [3.05, 3.63) is 17.0 Å². The Morgan fingerprint density at radius 3 is 3.00 bits per heavy atom. The Morgan fingerprint density at radius 2 is 2.22 bits per heavy atom. The Morgan fingerprint density at radius 1 is 1.33 bits per heavy atom. The van der Waals surface area contributed by atoms with E-state index in [0.717, 1.165) is 17.1 Å². The van der Waals surface area contributed by atoms with Crippen LogP contribution < -0.4 is 5.32 Å². The first-order valence-corrected chi connectivity index (χ1v) is 8.97. The number of fused-ring (bicyclic) bond motifs is 1. The van der Waals surface area contributed by atoms with E-state index in [9.17, 15) is 0 Å². The van der Waals surface area contributed by atoms with Crippen LogP contribution >= 0.6 is 23.1 Å². The fourth-order valence-electron chi connectivity index (χ4n) is 3.36. The van der Waals surface area contributed by atoms with Crippen molar-refractivity contribution in [1.82, 2.24) is 5.32 Å². The maximum absolute atomic E-state index is 3.86. The monoisotopic (exact) mass is 281 g/mol. The molecule has 0 saturated heterocycles. The Balaban J connectivity index is 1.63. The minimum absolute atomic E-state index is 0.607. The smallest absolute Gasteiger partial charge is 0.0649 e. The second kappa shape index (κ2) is 5.56. The topological polar surface area (TPSA) is 12.0 Å². The van der Waals surface area contributed by atoms with Gasteiger partial charge in [0.05, 0.1) is 4.21 Å². The first kappa shape index (κ1) is 13.0. The summed E-state index contributed by atoms with van der Waals surface area (Å²) in [5, 5.41) is 6.87. The van der Waals surface area contributed by atoms with E-state index in [1.807, 2.05) is 11.3 Å². The summed E-state index contributed by atoms with van der Waals surface area (Å²) >= 11 is 3.97. The third-order valence-electron chi connectivity index (χ3n) is 4.58. The summed E-state index contributed by atoms with van der Waals surface area (Å²) < 4.78 is 1.55. The van der Waals surface area contributed by atoms with E-state index >= 15 is 0 Å². The molecule has 1 aromatic rings. The van der Waals surface area contributed by atoms with Gasteiger partial charge in [0.1, 0.15) is 0 Å². The second-order valence-electron chi connectivity index (χ2n) is 5.96. The van der Waals surface area contributed by atoms with E-state index < -0.39 is 0 Å². The van der Waals surface area contributed by atoms with Crippen molar-refractivity contribution in [3.63, 3.8) is 0 Å². The van der Waals surface area contributed by atoms with Gasteiger partial charge in [-0.25, -0.2) is 0 Å². The molecule has 18 heavy (non-hydrogen) atoms. The lowest BCUT2D eigenvalue weighted by atomic mass is 9.96. The summed E-state index contributed by atoms with van der Waals surface area (Å²) in [6.45, 7) is 6.01. The molecule has 3 rings (SSSR count). The maximum Gasteiger partial charge on any atom is 0.0649 e. The molecule has 100 valence electrons. The van der Waals surface area contributed by atoms with Crippen LogP contribution in [-0.4, -0.2) is 11.8 Å². The predicted molar refractivity (Wildman–Crippen MR) is 81.5 cm³/mol. The predicted octanol–water partition coefficient (Wildman–Crippen LogP) is 4.70. The van der Waals surface area contributed by atoms with Crippen molar-refractivity contribution >= 4 is 23.1 Å². The van der Waals surface area contributed by atoms with Crippen molar-refractivity contribution < 1.29 is 0 Å². The first-order chi connectivity index (χ1) is 8.74. The molecule has 0 aromatic carbocycles. The van der Waals surface area contributed by atoms with Gasteiger partial charge in [-0.2, -0.15) is 0 Å². The highest BCUT2D eigenvalue weighted by Crippen LogP contribution is 2.44. The van der Waals surface area contributed by atoms with Gasteiger partial charge in [0.25, 0.3) is 0 Å². The van der Waals surface area contributed by atoms with Crippen LogP contribution in [0.3, 0.4) is 0 Å². The minimum atomic E-state index is 0.607. The van der Waals surface area contributed by atoms with Crippen LogP contribution in [0.15, 0.2) is 15.7 Å². The SMILES string of the molecule is CC1CCCC1CNC1C[C@H](C)Sc2sccc21. The molecule has 0 spiro atoms. The number of nitrogens with one attached hydrogen (secondary N) is 1. The number of rotatable bonds is 3. The van der Waals surface area contributed by atoms with Gasteiger partial charge in [-0.1, -0.05) is 26.7 Å². The van der Waals surface area contributed by atoms with Gasteiger partial charge in [-0.05, 0) is 48.2 Å². The van der Waals surface area contributed by atoms with Gasteiger partial charge in [-0.3, -0.25) is 0 Å². The highest BCUT2D eigenvalue weighted by molar-refractivity contribution is 8.01. The molecule has 0 amide bonds. The summed E-state index contributed by atoms with van der Waals surface area (Å²) in [6.07, 6.45) is 5.60. The number of hydrogen-bond donors (Lipinski definition) is 1. The Hall–Kier alpha value is 0.0100. The van der Waals surface area contributed by atoms with Crippen LogP contribution in [0.1, 0.15) is 51.1 Å². The molecular formula is C15H23NS2. The third kappa shape index (κ3) is 2.63. The fourth-order valence-corrected chi connectivity index (χ4v) is 5.93. The van der Waals surface area contributed by atoms with Crippen LogP contribution in [-0.2, 0) is 0 Å². The summed E-state index contributed by atoms with van der Waals surface area (Å²) in [5.41, 5.74) is 1.56. The zero-order chi connectivity index (χ0) is 12.5. The van der Waals surface area contributed by atoms with Gasteiger partial charge in [-0.15, -0.1) is 23.1 Å². The Labute approximate surface area is 119 Å². The number of thiophene rings is 1. The quantitative estimate of drug-likeness (QED) is 0.862. The zero-order valence-electron chi connectivity index (χ0n) is 11.3. The molecule has 3 heteroatoms. The van der Waals surface area contributed by atoms with Crippen LogP contribution in [0.25, 0.3) is 0 Å².